The van der Waals surface area contributed by atoms with Gasteiger partial charge < -0.3 is 30.7 Å². The Morgan fingerprint density at radius 2 is 2.06 bits per heavy atom. The lowest BCUT2D eigenvalue weighted by atomic mass is 10.1. The molecule has 1 aromatic carbocycles. The molecular weight excluding hydrogens is 400 g/mol. The normalized spacial score (nSPS) is 14.6. The lowest BCUT2D eigenvalue weighted by molar-refractivity contribution is 0.172. The first kappa shape index (κ1) is 18.8. The molecule has 5 rings (SSSR count). The summed E-state index contributed by atoms with van der Waals surface area (Å²) >= 11 is 0. The lowest BCUT2D eigenvalue weighted by Gasteiger charge is -2.22. The number of carbonyl (C=O) groups is 1. The number of nitriles is 1. The van der Waals surface area contributed by atoms with E-state index in [1.165, 1.54) is 0 Å². The first-order valence-electron chi connectivity index (χ1n) is 9.89. The molecule has 0 bridgehead atoms. The number of benzene rings is 1. The largest absolute Gasteiger partial charge is 0.486 e. The molecule has 3 aromatic rings. The number of nitrogens with zero attached hydrogens (tertiary/aromatic N) is 4. The highest BCUT2D eigenvalue weighted by Crippen LogP contribution is 2.40. The third kappa shape index (κ3) is 3.71. The molecule has 1 fully saturated rings. The van der Waals surface area contributed by atoms with E-state index in [1.54, 1.807) is 36.0 Å². The van der Waals surface area contributed by atoms with E-state index in [1.807, 2.05) is 0 Å². The van der Waals surface area contributed by atoms with E-state index in [0.717, 1.165) is 12.8 Å². The Morgan fingerprint density at radius 3 is 2.84 bits per heavy atom. The molecule has 0 radical (unpaired) electrons. The van der Waals surface area contributed by atoms with Crippen LogP contribution in [-0.4, -0.2) is 46.9 Å². The summed E-state index contributed by atoms with van der Waals surface area (Å²) in [5.74, 6) is 2.17. The second-order valence-electron chi connectivity index (χ2n) is 7.23. The van der Waals surface area contributed by atoms with Crippen LogP contribution in [0.3, 0.4) is 0 Å². The lowest BCUT2D eigenvalue weighted by Crippen LogP contribution is -2.30. The van der Waals surface area contributed by atoms with Crippen LogP contribution in [0.5, 0.6) is 11.5 Å². The van der Waals surface area contributed by atoms with Gasteiger partial charge in [-0.25, -0.2) is 9.78 Å². The van der Waals surface area contributed by atoms with Crippen molar-refractivity contribution in [1.82, 2.24) is 19.9 Å². The van der Waals surface area contributed by atoms with Crippen LogP contribution in [0.25, 0.3) is 5.65 Å². The molecule has 0 unspecified atom stereocenters. The van der Waals surface area contributed by atoms with Crippen molar-refractivity contribution in [2.75, 3.05) is 36.2 Å². The highest BCUT2D eigenvalue weighted by molar-refractivity contribution is 5.93. The minimum Gasteiger partial charge on any atom is -0.486 e. The second-order valence-corrected chi connectivity index (χ2v) is 7.23. The number of hydrogen-bond acceptors (Lipinski definition) is 8. The third-order valence-electron chi connectivity index (χ3n) is 4.92. The Bertz CT molecular complexity index is 1210. The number of amides is 2. The Hall–Kier alpha value is -4.20. The van der Waals surface area contributed by atoms with E-state index in [4.69, 9.17) is 9.47 Å². The standard InChI is InChI=1S/C20H20N8O3/c1-22-17-8-16(25-13-6-11(9-21)7-15-18(13)31-5-4-30-15)27-19-14(10-23-28(17)19)26-20(29)24-12-2-3-12/h6-8,10,12,22H,2-5H2,1H3,(H,25,27)(H2,24,26,29). The zero-order chi connectivity index (χ0) is 21.4. The number of ether oxygens (including phenoxy) is 2. The summed E-state index contributed by atoms with van der Waals surface area (Å²) in [5, 5.41) is 25.6. The van der Waals surface area contributed by atoms with Crippen molar-refractivity contribution in [2.24, 2.45) is 0 Å². The third-order valence-corrected chi connectivity index (χ3v) is 4.92. The summed E-state index contributed by atoms with van der Waals surface area (Å²) in [6.07, 6.45) is 3.54. The van der Waals surface area contributed by atoms with Crippen molar-refractivity contribution in [3.63, 3.8) is 0 Å². The zero-order valence-corrected chi connectivity index (χ0v) is 16.7. The summed E-state index contributed by atoms with van der Waals surface area (Å²) in [6.45, 7) is 0.831. The molecule has 4 N–H and O–H groups in total. The van der Waals surface area contributed by atoms with Gasteiger partial charge in [-0.3, -0.25) is 0 Å². The molecule has 1 aliphatic carbocycles. The average molecular weight is 420 g/mol. The molecule has 158 valence electrons. The van der Waals surface area contributed by atoms with E-state index in [2.05, 4.69) is 37.4 Å². The first-order valence-corrected chi connectivity index (χ1v) is 9.89. The van der Waals surface area contributed by atoms with Gasteiger partial charge in [0, 0.05) is 25.2 Å². The molecule has 0 saturated heterocycles. The zero-order valence-electron chi connectivity index (χ0n) is 16.7. The fourth-order valence-electron chi connectivity index (χ4n) is 3.31. The molecule has 1 saturated carbocycles. The molecule has 2 aliphatic rings. The number of nitrogens with one attached hydrogen (secondary N) is 4. The van der Waals surface area contributed by atoms with Crippen molar-refractivity contribution in [1.29, 1.82) is 5.26 Å². The van der Waals surface area contributed by atoms with Gasteiger partial charge in [0.1, 0.15) is 30.5 Å². The topological polar surface area (TPSA) is 138 Å². The van der Waals surface area contributed by atoms with Crippen LogP contribution in [0.15, 0.2) is 24.4 Å². The SMILES string of the molecule is CNc1cc(Nc2cc(C#N)cc3c2OCCO3)nc2c(NC(=O)NC3CC3)cnn12. The number of urea groups is 1. The van der Waals surface area contributed by atoms with Crippen molar-refractivity contribution < 1.29 is 14.3 Å². The number of anilines is 4. The van der Waals surface area contributed by atoms with Crippen LogP contribution in [0.4, 0.5) is 27.8 Å². The van der Waals surface area contributed by atoms with Gasteiger partial charge in [0.05, 0.1) is 23.5 Å². The molecule has 2 aromatic heterocycles. The van der Waals surface area contributed by atoms with E-state index >= 15 is 0 Å². The van der Waals surface area contributed by atoms with Crippen LogP contribution < -0.4 is 30.7 Å². The van der Waals surface area contributed by atoms with Gasteiger partial charge >= 0.3 is 6.03 Å². The van der Waals surface area contributed by atoms with Crippen LogP contribution in [0.1, 0.15) is 18.4 Å². The fraction of sp³-hybridized carbons (Fsp3) is 0.300. The monoisotopic (exact) mass is 420 g/mol. The highest BCUT2D eigenvalue weighted by atomic mass is 16.6. The summed E-state index contributed by atoms with van der Waals surface area (Å²) < 4.78 is 13.0. The smallest absolute Gasteiger partial charge is 0.319 e. The molecule has 11 heteroatoms. The van der Waals surface area contributed by atoms with E-state index in [0.29, 0.717) is 58.9 Å². The van der Waals surface area contributed by atoms with Gasteiger partial charge in [-0.15, -0.1) is 0 Å². The molecule has 3 heterocycles. The molecule has 2 amide bonds. The molecule has 1 aliphatic heterocycles. The van der Waals surface area contributed by atoms with Gasteiger partial charge in [0.15, 0.2) is 17.1 Å². The Labute approximate surface area is 177 Å². The van der Waals surface area contributed by atoms with Crippen LogP contribution in [-0.2, 0) is 0 Å². The quantitative estimate of drug-likeness (QED) is 0.494. The molecule has 0 atom stereocenters. The average Bonchev–Trinajstić information content (AvgIpc) is 3.51. The minimum absolute atomic E-state index is 0.237. The Kier molecular flexibility index (Phi) is 4.59. The summed E-state index contributed by atoms with van der Waals surface area (Å²) in [4.78, 5) is 16.8. The fourth-order valence-corrected chi connectivity index (χ4v) is 3.31. The number of carbonyl (C=O) groups excluding carboxylic acids is 1. The van der Waals surface area contributed by atoms with E-state index in [9.17, 15) is 10.1 Å². The Balaban J connectivity index is 1.51. The van der Waals surface area contributed by atoms with Crippen LogP contribution in [0, 0.1) is 11.3 Å². The van der Waals surface area contributed by atoms with Crippen molar-refractivity contribution in [3.05, 3.63) is 30.0 Å². The van der Waals surface area contributed by atoms with E-state index < -0.39 is 0 Å². The van der Waals surface area contributed by atoms with Gasteiger partial charge in [-0.1, -0.05) is 0 Å². The van der Waals surface area contributed by atoms with Crippen molar-refractivity contribution in [3.8, 4) is 17.6 Å². The highest BCUT2D eigenvalue weighted by Gasteiger charge is 2.24. The number of aromatic nitrogens is 3. The van der Waals surface area contributed by atoms with Gasteiger partial charge in [-0.2, -0.15) is 14.9 Å². The summed E-state index contributed by atoms with van der Waals surface area (Å²) in [6, 6.07) is 7.17. The maximum atomic E-state index is 12.2. The van der Waals surface area contributed by atoms with Gasteiger partial charge in [0.2, 0.25) is 0 Å². The van der Waals surface area contributed by atoms with Gasteiger partial charge in [0.25, 0.3) is 0 Å². The molecule has 0 spiro atoms. The summed E-state index contributed by atoms with van der Waals surface area (Å²) in [5.41, 5.74) is 1.94. The first-order chi connectivity index (χ1) is 15.1. The minimum atomic E-state index is -0.287. The molecule has 31 heavy (non-hydrogen) atoms. The maximum absolute atomic E-state index is 12.2. The Morgan fingerprint density at radius 1 is 1.23 bits per heavy atom. The van der Waals surface area contributed by atoms with Crippen molar-refractivity contribution >= 4 is 34.7 Å². The number of fused-ring (bicyclic) bond motifs is 2. The predicted octanol–water partition coefficient (Wildman–Crippen LogP) is 2.44. The van der Waals surface area contributed by atoms with Crippen LogP contribution >= 0.6 is 0 Å². The predicted molar refractivity (Wildman–Crippen MR) is 113 cm³/mol. The van der Waals surface area contributed by atoms with Gasteiger partial charge in [-0.05, 0) is 18.9 Å². The number of rotatable bonds is 5. The summed E-state index contributed by atoms with van der Waals surface area (Å²) in [7, 11) is 1.77. The maximum Gasteiger partial charge on any atom is 0.319 e. The number of hydrogen-bond donors (Lipinski definition) is 4. The van der Waals surface area contributed by atoms with Crippen LogP contribution in [0.2, 0.25) is 0 Å². The second kappa shape index (κ2) is 7.56. The molecular formula is C20H20N8O3. The van der Waals surface area contributed by atoms with Crippen molar-refractivity contribution in [2.45, 2.75) is 18.9 Å². The molecule has 11 nitrogen and oxygen atoms in total. The van der Waals surface area contributed by atoms with E-state index in [-0.39, 0.29) is 12.1 Å².